The van der Waals surface area contributed by atoms with Gasteiger partial charge in [-0.25, -0.2) is 17.9 Å². The van der Waals surface area contributed by atoms with E-state index in [4.69, 9.17) is 21.8 Å². The second-order valence-electron chi connectivity index (χ2n) is 4.78. The molecule has 0 heterocycles. The number of rotatable bonds is 8. The fourth-order valence-corrected chi connectivity index (χ4v) is 3.27. The van der Waals surface area contributed by atoms with Gasteiger partial charge in [0.05, 0.1) is 10.6 Å². The highest BCUT2D eigenvalue weighted by Crippen LogP contribution is 2.22. The summed E-state index contributed by atoms with van der Waals surface area (Å²) < 4.78 is 26.6. The lowest BCUT2D eigenvalue weighted by atomic mass is 10.1. The lowest BCUT2D eigenvalue weighted by molar-refractivity contribution is 0.0696. The smallest absolute Gasteiger partial charge is 0.335 e. The van der Waals surface area contributed by atoms with Crippen LogP contribution in [0.2, 0.25) is 5.02 Å². The van der Waals surface area contributed by atoms with E-state index in [9.17, 15) is 13.2 Å². The first-order chi connectivity index (χ1) is 9.77. The largest absolute Gasteiger partial charge is 0.478 e. The molecule has 0 fully saturated rings. The molecule has 0 radical (unpaired) electrons. The molecule has 8 heteroatoms. The first-order valence-corrected chi connectivity index (χ1v) is 8.27. The van der Waals surface area contributed by atoms with Crippen LogP contribution in [0.1, 0.15) is 30.1 Å². The average molecular weight is 336 g/mol. The van der Waals surface area contributed by atoms with Crippen LogP contribution >= 0.6 is 11.6 Å². The minimum atomic E-state index is -3.86. The van der Waals surface area contributed by atoms with E-state index in [1.54, 1.807) is 0 Å². The van der Waals surface area contributed by atoms with Gasteiger partial charge in [-0.3, -0.25) is 0 Å². The van der Waals surface area contributed by atoms with Crippen LogP contribution in [0.5, 0.6) is 0 Å². The number of carboxylic acids is 1. The minimum absolute atomic E-state index is 0.0313. The molecule has 6 nitrogen and oxygen atoms in total. The van der Waals surface area contributed by atoms with Crippen molar-refractivity contribution in [1.29, 1.82) is 0 Å². The summed E-state index contributed by atoms with van der Waals surface area (Å²) in [5.74, 6) is -1.12. The average Bonchev–Trinajstić information content (AvgIpc) is 2.43. The van der Waals surface area contributed by atoms with E-state index < -0.39 is 16.0 Å². The van der Waals surface area contributed by atoms with E-state index in [-0.39, 0.29) is 34.6 Å². The van der Waals surface area contributed by atoms with E-state index in [0.29, 0.717) is 12.8 Å². The van der Waals surface area contributed by atoms with Crippen molar-refractivity contribution in [3.63, 3.8) is 0 Å². The number of carbonyl (C=O) groups is 1. The summed E-state index contributed by atoms with van der Waals surface area (Å²) in [4.78, 5) is 10.6. The van der Waals surface area contributed by atoms with Gasteiger partial charge in [0.2, 0.25) is 10.0 Å². The Morgan fingerprint density at radius 3 is 2.67 bits per heavy atom. The van der Waals surface area contributed by atoms with Gasteiger partial charge in [0, 0.05) is 13.2 Å². The van der Waals surface area contributed by atoms with Crippen LogP contribution in [-0.2, 0) is 10.0 Å². The van der Waals surface area contributed by atoms with Gasteiger partial charge >= 0.3 is 5.97 Å². The normalized spacial score (nSPS) is 13.1. The summed E-state index contributed by atoms with van der Waals surface area (Å²) in [5.41, 5.74) is -0.145. The molecule has 0 bridgehead atoms. The molecule has 1 aromatic carbocycles. The second kappa shape index (κ2) is 7.74. The number of halogens is 1. The Balaban J connectivity index is 2.78. The van der Waals surface area contributed by atoms with Crippen LogP contribution in [0.25, 0.3) is 0 Å². The van der Waals surface area contributed by atoms with Crippen LogP contribution in [0.3, 0.4) is 0 Å². The van der Waals surface area contributed by atoms with Gasteiger partial charge in [-0.05, 0) is 37.0 Å². The van der Waals surface area contributed by atoms with Gasteiger partial charge in [-0.15, -0.1) is 0 Å². The molecule has 0 saturated heterocycles. The van der Waals surface area contributed by atoms with Crippen molar-refractivity contribution in [3.8, 4) is 0 Å². The third kappa shape index (κ3) is 5.28. The van der Waals surface area contributed by atoms with Gasteiger partial charge < -0.3 is 10.2 Å². The van der Waals surface area contributed by atoms with Crippen LogP contribution in [-0.4, -0.2) is 37.8 Å². The van der Waals surface area contributed by atoms with E-state index in [1.165, 1.54) is 12.1 Å². The maximum absolute atomic E-state index is 12.1. The van der Waals surface area contributed by atoms with E-state index in [1.807, 2.05) is 6.92 Å². The van der Waals surface area contributed by atoms with E-state index >= 15 is 0 Å². The monoisotopic (exact) mass is 335 g/mol. The standard InChI is InChI=1S/C13H18ClNO5S/c1-9(8-16)3-2-6-15-21(19,20)12-7-10(13(17)18)4-5-11(12)14/h4-5,7,9,15-16H,2-3,6,8H2,1H3,(H,17,18). The molecule has 0 saturated carbocycles. The zero-order valence-electron chi connectivity index (χ0n) is 11.5. The molecule has 118 valence electrons. The van der Waals surface area contributed by atoms with Crippen LogP contribution < -0.4 is 4.72 Å². The Morgan fingerprint density at radius 1 is 1.43 bits per heavy atom. The first-order valence-electron chi connectivity index (χ1n) is 6.41. The molecule has 1 aromatic rings. The number of hydrogen-bond donors (Lipinski definition) is 3. The molecule has 0 spiro atoms. The molecular weight excluding hydrogens is 318 g/mol. The maximum Gasteiger partial charge on any atom is 0.335 e. The predicted octanol–water partition coefficient (Wildman–Crippen LogP) is 1.73. The van der Waals surface area contributed by atoms with Gasteiger partial charge in [0.15, 0.2) is 0 Å². The van der Waals surface area contributed by atoms with Crippen LogP contribution in [0, 0.1) is 5.92 Å². The Morgan fingerprint density at radius 2 is 2.10 bits per heavy atom. The molecule has 21 heavy (non-hydrogen) atoms. The maximum atomic E-state index is 12.1. The number of aliphatic hydroxyl groups is 1. The SMILES string of the molecule is CC(CO)CCCNS(=O)(=O)c1cc(C(=O)O)ccc1Cl. The third-order valence-electron chi connectivity index (χ3n) is 2.95. The number of benzene rings is 1. The number of aliphatic hydroxyl groups excluding tert-OH is 1. The van der Waals surface area contributed by atoms with Gasteiger partial charge in [-0.2, -0.15) is 0 Å². The Kier molecular flexibility index (Phi) is 6.60. The fourth-order valence-electron chi connectivity index (χ4n) is 1.67. The highest BCUT2D eigenvalue weighted by atomic mass is 35.5. The number of sulfonamides is 1. The molecular formula is C13H18ClNO5S. The molecule has 1 unspecified atom stereocenters. The molecule has 1 rings (SSSR count). The zero-order valence-corrected chi connectivity index (χ0v) is 13.1. The van der Waals surface area contributed by atoms with Crippen molar-refractivity contribution in [2.45, 2.75) is 24.7 Å². The summed E-state index contributed by atoms with van der Waals surface area (Å²) >= 11 is 5.83. The molecule has 0 amide bonds. The molecule has 1 atom stereocenters. The molecule has 3 N–H and O–H groups in total. The fraction of sp³-hybridized carbons (Fsp3) is 0.462. The molecule has 0 aliphatic heterocycles. The summed E-state index contributed by atoms with van der Waals surface area (Å²) in [7, 11) is -3.86. The van der Waals surface area contributed by atoms with E-state index in [2.05, 4.69) is 4.72 Å². The lowest BCUT2D eigenvalue weighted by Crippen LogP contribution is -2.25. The van der Waals surface area contributed by atoms with E-state index in [0.717, 1.165) is 6.07 Å². The molecule has 0 aliphatic carbocycles. The molecule has 0 aliphatic rings. The number of carboxylic acid groups (broad SMARTS) is 1. The Bertz CT molecular complexity index is 603. The summed E-state index contributed by atoms with van der Waals surface area (Å²) in [6, 6.07) is 3.52. The van der Waals surface area contributed by atoms with Crippen molar-refractivity contribution in [1.82, 2.24) is 4.72 Å². The third-order valence-corrected chi connectivity index (χ3v) is 4.89. The summed E-state index contributed by atoms with van der Waals surface area (Å²) in [5, 5.41) is 17.7. The van der Waals surface area contributed by atoms with Crippen LogP contribution in [0.4, 0.5) is 0 Å². The van der Waals surface area contributed by atoms with Gasteiger partial charge in [-0.1, -0.05) is 18.5 Å². The van der Waals surface area contributed by atoms with Crippen molar-refractivity contribution < 1.29 is 23.4 Å². The van der Waals surface area contributed by atoms with Crippen molar-refractivity contribution in [2.24, 2.45) is 5.92 Å². The highest BCUT2D eigenvalue weighted by molar-refractivity contribution is 7.89. The molecule has 0 aromatic heterocycles. The van der Waals surface area contributed by atoms with Crippen molar-refractivity contribution in [3.05, 3.63) is 28.8 Å². The predicted molar refractivity (Wildman–Crippen MR) is 79.1 cm³/mol. The minimum Gasteiger partial charge on any atom is -0.478 e. The Hall–Kier alpha value is -1.15. The van der Waals surface area contributed by atoms with Crippen molar-refractivity contribution in [2.75, 3.05) is 13.2 Å². The summed E-state index contributed by atoms with van der Waals surface area (Å²) in [6.45, 7) is 2.11. The zero-order chi connectivity index (χ0) is 16.0. The lowest BCUT2D eigenvalue weighted by Gasteiger charge is -2.10. The number of aromatic carboxylic acids is 1. The highest BCUT2D eigenvalue weighted by Gasteiger charge is 2.19. The number of nitrogens with one attached hydrogen (secondary N) is 1. The second-order valence-corrected chi connectivity index (χ2v) is 6.92. The number of hydrogen-bond acceptors (Lipinski definition) is 4. The summed E-state index contributed by atoms with van der Waals surface area (Å²) in [6.07, 6.45) is 1.25. The quantitative estimate of drug-likeness (QED) is 0.628. The first kappa shape index (κ1) is 17.9. The van der Waals surface area contributed by atoms with Crippen LogP contribution in [0.15, 0.2) is 23.1 Å². The topological polar surface area (TPSA) is 104 Å². The van der Waals surface area contributed by atoms with Crippen molar-refractivity contribution >= 4 is 27.6 Å². The Labute approximate surface area is 128 Å². The van der Waals surface area contributed by atoms with Gasteiger partial charge in [0.1, 0.15) is 4.90 Å². The van der Waals surface area contributed by atoms with Gasteiger partial charge in [0.25, 0.3) is 0 Å².